The molecule has 138 valence electrons. The summed E-state index contributed by atoms with van der Waals surface area (Å²) in [6, 6.07) is 10.5. The number of sulfonamides is 1. The summed E-state index contributed by atoms with van der Waals surface area (Å²) >= 11 is 0. The minimum absolute atomic E-state index is 0.0376. The summed E-state index contributed by atoms with van der Waals surface area (Å²) < 4.78 is 39.3. The number of rotatable bonds is 4. The third-order valence-corrected chi connectivity index (χ3v) is 6.42. The van der Waals surface area contributed by atoms with E-state index in [1.54, 1.807) is 4.90 Å². The third-order valence-electron chi connectivity index (χ3n) is 4.60. The van der Waals surface area contributed by atoms with Gasteiger partial charge >= 0.3 is 0 Å². The van der Waals surface area contributed by atoms with Gasteiger partial charge in [-0.05, 0) is 55.2 Å². The number of carbonyl (C=O) groups excluding carboxylic acids is 1. The molecule has 1 heterocycles. The van der Waals surface area contributed by atoms with E-state index in [4.69, 9.17) is 0 Å². The highest BCUT2D eigenvalue weighted by Crippen LogP contribution is 2.30. The Hall–Kier alpha value is -2.25. The summed E-state index contributed by atoms with van der Waals surface area (Å²) in [4.78, 5) is 14.4. The van der Waals surface area contributed by atoms with Crippen LogP contribution in [0.4, 0.5) is 10.1 Å². The quantitative estimate of drug-likeness (QED) is 0.824. The first kappa shape index (κ1) is 18.5. The number of amides is 1. The number of hydrogen-bond acceptors (Lipinski definition) is 3. The summed E-state index contributed by atoms with van der Waals surface area (Å²) in [5, 5.41) is 0. The Labute approximate surface area is 153 Å². The second-order valence-electron chi connectivity index (χ2n) is 6.45. The maximum absolute atomic E-state index is 13.0. The number of anilines is 1. The predicted molar refractivity (Wildman–Crippen MR) is 98.1 cm³/mol. The van der Waals surface area contributed by atoms with Crippen molar-refractivity contribution in [2.75, 3.05) is 25.0 Å². The normalized spacial score (nSPS) is 14.4. The van der Waals surface area contributed by atoms with Crippen LogP contribution in [0.3, 0.4) is 0 Å². The fourth-order valence-corrected chi connectivity index (χ4v) is 4.36. The molecule has 0 atom stereocenters. The number of benzene rings is 2. The number of fused-ring (bicyclic) bond motifs is 1. The number of hydrogen-bond donors (Lipinski definition) is 0. The number of aryl methyl sites for hydroxylation is 2. The van der Waals surface area contributed by atoms with Gasteiger partial charge in [-0.25, -0.2) is 12.8 Å². The molecule has 2 aromatic rings. The molecule has 0 saturated carbocycles. The van der Waals surface area contributed by atoms with Gasteiger partial charge in [-0.1, -0.05) is 18.2 Å². The molecule has 1 aliphatic heterocycles. The predicted octanol–water partition coefficient (Wildman–Crippen LogP) is 2.73. The highest BCUT2D eigenvalue weighted by Gasteiger charge is 2.28. The molecule has 0 N–H and O–H groups in total. The van der Waals surface area contributed by atoms with E-state index in [1.165, 1.54) is 19.2 Å². The molecular formula is C19H21FN2O3S. The molecule has 0 aliphatic carbocycles. The molecule has 1 amide bonds. The van der Waals surface area contributed by atoms with Crippen LogP contribution in [0.2, 0.25) is 0 Å². The van der Waals surface area contributed by atoms with Gasteiger partial charge in [0.2, 0.25) is 15.9 Å². The molecule has 0 saturated heterocycles. The Bertz CT molecular complexity index is 926. The number of halogens is 1. The van der Waals surface area contributed by atoms with Crippen molar-refractivity contribution >= 4 is 21.6 Å². The first-order valence-corrected chi connectivity index (χ1v) is 9.85. The number of para-hydroxylation sites is 1. The summed E-state index contributed by atoms with van der Waals surface area (Å²) in [5.74, 6) is -0.781. The van der Waals surface area contributed by atoms with Gasteiger partial charge in [-0.2, -0.15) is 4.31 Å². The molecule has 0 fully saturated rings. The van der Waals surface area contributed by atoms with Gasteiger partial charge in [0, 0.05) is 19.3 Å². The molecule has 0 unspecified atom stereocenters. The van der Waals surface area contributed by atoms with Crippen LogP contribution < -0.4 is 4.90 Å². The molecule has 2 aromatic carbocycles. The Kier molecular flexibility index (Phi) is 5.11. The van der Waals surface area contributed by atoms with Gasteiger partial charge in [-0.15, -0.1) is 0 Å². The lowest BCUT2D eigenvalue weighted by atomic mass is 9.98. The van der Waals surface area contributed by atoms with Crippen molar-refractivity contribution in [3.63, 3.8) is 0 Å². The van der Waals surface area contributed by atoms with Crippen LogP contribution in [0.25, 0.3) is 0 Å². The van der Waals surface area contributed by atoms with Crippen LogP contribution >= 0.6 is 0 Å². The van der Waals surface area contributed by atoms with Crippen LogP contribution in [0, 0.1) is 12.7 Å². The van der Waals surface area contributed by atoms with Crippen molar-refractivity contribution in [1.29, 1.82) is 0 Å². The zero-order valence-electron chi connectivity index (χ0n) is 14.8. The van der Waals surface area contributed by atoms with E-state index in [0.717, 1.165) is 46.1 Å². The summed E-state index contributed by atoms with van der Waals surface area (Å²) in [5.41, 5.74) is 2.99. The Morgan fingerprint density at radius 3 is 2.58 bits per heavy atom. The smallest absolute Gasteiger partial charge is 0.243 e. The van der Waals surface area contributed by atoms with Crippen molar-refractivity contribution < 1.29 is 17.6 Å². The van der Waals surface area contributed by atoms with E-state index in [9.17, 15) is 17.6 Å². The molecule has 1 aliphatic rings. The monoisotopic (exact) mass is 376 g/mol. The average Bonchev–Trinajstić information content (AvgIpc) is 2.61. The topological polar surface area (TPSA) is 57.7 Å². The minimum Gasteiger partial charge on any atom is -0.311 e. The van der Waals surface area contributed by atoms with E-state index in [-0.39, 0.29) is 17.3 Å². The van der Waals surface area contributed by atoms with Gasteiger partial charge in [0.05, 0.1) is 11.4 Å². The average molecular weight is 376 g/mol. The van der Waals surface area contributed by atoms with Crippen LogP contribution in [0.15, 0.2) is 47.4 Å². The van der Waals surface area contributed by atoms with Gasteiger partial charge in [-0.3, -0.25) is 4.79 Å². The lowest BCUT2D eigenvalue weighted by molar-refractivity contribution is -0.118. The molecule has 7 heteroatoms. The molecular weight excluding hydrogens is 355 g/mol. The fourth-order valence-electron chi connectivity index (χ4n) is 3.24. The van der Waals surface area contributed by atoms with Gasteiger partial charge in [0.1, 0.15) is 5.82 Å². The lowest BCUT2D eigenvalue weighted by Gasteiger charge is -2.32. The molecule has 0 aromatic heterocycles. The molecule has 0 bridgehead atoms. The zero-order chi connectivity index (χ0) is 18.9. The Morgan fingerprint density at radius 2 is 1.88 bits per heavy atom. The second kappa shape index (κ2) is 7.17. The molecule has 0 spiro atoms. The lowest BCUT2D eigenvalue weighted by Crippen LogP contribution is -2.43. The highest BCUT2D eigenvalue weighted by molar-refractivity contribution is 7.89. The van der Waals surface area contributed by atoms with Gasteiger partial charge in [0.25, 0.3) is 0 Å². The second-order valence-corrected chi connectivity index (χ2v) is 8.49. The van der Waals surface area contributed by atoms with Gasteiger partial charge in [0.15, 0.2) is 0 Å². The van der Waals surface area contributed by atoms with Crippen LogP contribution in [-0.4, -0.2) is 38.8 Å². The van der Waals surface area contributed by atoms with E-state index >= 15 is 0 Å². The van der Waals surface area contributed by atoms with Crippen LogP contribution in [-0.2, 0) is 21.2 Å². The first-order valence-electron chi connectivity index (χ1n) is 8.41. The van der Waals surface area contributed by atoms with E-state index in [1.807, 2.05) is 25.1 Å². The SMILES string of the molecule is Cc1cccc2c1N(C(=O)CN(C)S(=O)(=O)c1ccc(F)cc1)CCC2. The van der Waals surface area contributed by atoms with E-state index in [0.29, 0.717) is 6.54 Å². The van der Waals surface area contributed by atoms with Crippen LogP contribution in [0.5, 0.6) is 0 Å². The Morgan fingerprint density at radius 1 is 1.19 bits per heavy atom. The van der Waals surface area contributed by atoms with E-state index < -0.39 is 15.8 Å². The number of nitrogens with zero attached hydrogens (tertiary/aromatic N) is 2. The van der Waals surface area contributed by atoms with Gasteiger partial charge < -0.3 is 4.90 Å². The van der Waals surface area contributed by atoms with E-state index in [2.05, 4.69) is 0 Å². The van der Waals surface area contributed by atoms with Crippen molar-refractivity contribution in [1.82, 2.24) is 4.31 Å². The third kappa shape index (κ3) is 3.50. The highest BCUT2D eigenvalue weighted by atomic mass is 32.2. The van der Waals surface area contributed by atoms with Crippen molar-refractivity contribution in [2.45, 2.75) is 24.7 Å². The molecule has 26 heavy (non-hydrogen) atoms. The summed E-state index contributed by atoms with van der Waals surface area (Å²) in [7, 11) is -2.50. The Balaban J connectivity index is 1.82. The largest absolute Gasteiger partial charge is 0.311 e. The standard InChI is InChI=1S/C19H21FN2O3S/c1-14-5-3-6-15-7-4-12-22(19(14)15)18(23)13-21(2)26(24,25)17-10-8-16(20)9-11-17/h3,5-6,8-11H,4,7,12-13H2,1-2H3. The molecule has 0 radical (unpaired) electrons. The molecule has 5 nitrogen and oxygen atoms in total. The van der Waals surface area contributed by atoms with Crippen molar-refractivity contribution in [3.8, 4) is 0 Å². The zero-order valence-corrected chi connectivity index (χ0v) is 15.6. The first-order chi connectivity index (χ1) is 12.3. The minimum atomic E-state index is -3.86. The van der Waals surface area contributed by atoms with Crippen molar-refractivity contribution in [3.05, 3.63) is 59.4 Å². The fraction of sp³-hybridized carbons (Fsp3) is 0.316. The molecule has 3 rings (SSSR count). The maximum Gasteiger partial charge on any atom is 0.243 e. The number of likely N-dealkylation sites (N-methyl/N-ethyl adjacent to an activating group) is 1. The van der Waals surface area contributed by atoms with Crippen LogP contribution in [0.1, 0.15) is 17.5 Å². The summed E-state index contributed by atoms with van der Waals surface area (Å²) in [6.45, 7) is 2.25. The maximum atomic E-state index is 13.0. The summed E-state index contributed by atoms with van der Waals surface area (Å²) in [6.07, 6.45) is 1.75. The van der Waals surface area contributed by atoms with Crippen molar-refractivity contribution in [2.24, 2.45) is 0 Å². The number of carbonyl (C=O) groups is 1.